The van der Waals surface area contributed by atoms with Gasteiger partial charge in [-0.1, -0.05) is 45.0 Å². The summed E-state index contributed by atoms with van der Waals surface area (Å²) in [6, 6.07) is 10.4. The summed E-state index contributed by atoms with van der Waals surface area (Å²) in [4.78, 5) is 43.1. The van der Waals surface area contributed by atoms with Crippen molar-refractivity contribution >= 4 is 29.1 Å². The van der Waals surface area contributed by atoms with Crippen molar-refractivity contribution in [1.82, 2.24) is 9.80 Å². The molecule has 6 nitrogen and oxygen atoms in total. The number of amides is 2. The zero-order valence-corrected chi connectivity index (χ0v) is 22.6. The second-order valence-corrected chi connectivity index (χ2v) is 11.3. The third-order valence-corrected chi connectivity index (χ3v) is 7.47. The van der Waals surface area contributed by atoms with Crippen LogP contribution in [0.1, 0.15) is 82.0 Å². The summed E-state index contributed by atoms with van der Waals surface area (Å²) in [5.41, 5.74) is 3.55. The van der Waals surface area contributed by atoms with Gasteiger partial charge in [0, 0.05) is 23.9 Å². The molecule has 0 spiro atoms. The van der Waals surface area contributed by atoms with E-state index >= 15 is 0 Å². The third-order valence-electron chi connectivity index (χ3n) is 6.48. The van der Waals surface area contributed by atoms with E-state index in [1.165, 1.54) is 16.0 Å². The molecule has 0 bridgehead atoms. The number of carbonyl (C=O) groups is 3. The van der Waals surface area contributed by atoms with Crippen molar-refractivity contribution in [3.8, 4) is 0 Å². The Labute approximate surface area is 213 Å². The number of nitrogens with zero attached hydrogens (tertiary/aromatic N) is 2. The van der Waals surface area contributed by atoms with Gasteiger partial charge in [-0.25, -0.2) is 0 Å². The van der Waals surface area contributed by atoms with E-state index in [1.807, 2.05) is 18.7 Å². The summed E-state index contributed by atoms with van der Waals surface area (Å²) in [5.74, 6) is -0.679. The molecule has 0 radical (unpaired) electrons. The summed E-state index contributed by atoms with van der Waals surface area (Å²) in [6.07, 6.45) is 0.874. The molecule has 2 amide bonds. The summed E-state index contributed by atoms with van der Waals surface area (Å²) in [7, 11) is 0. The van der Waals surface area contributed by atoms with Gasteiger partial charge >= 0.3 is 5.97 Å². The third kappa shape index (κ3) is 6.51. The van der Waals surface area contributed by atoms with E-state index in [0.717, 1.165) is 12.0 Å². The van der Waals surface area contributed by atoms with Crippen LogP contribution in [-0.2, 0) is 31.0 Å². The van der Waals surface area contributed by atoms with Gasteiger partial charge in [-0.2, -0.15) is 0 Å². The molecule has 1 aliphatic heterocycles. The topological polar surface area (TPSA) is 66.9 Å². The van der Waals surface area contributed by atoms with E-state index in [-0.39, 0.29) is 55.3 Å². The lowest BCUT2D eigenvalue weighted by atomic mass is 9.85. The Morgan fingerprint density at radius 2 is 1.80 bits per heavy atom. The van der Waals surface area contributed by atoms with E-state index in [2.05, 4.69) is 56.5 Å². The van der Waals surface area contributed by atoms with Crippen molar-refractivity contribution in [2.45, 2.75) is 78.3 Å². The molecule has 3 rings (SSSR count). The molecule has 0 aliphatic carbocycles. The highest BCUT2D eigenvalue weighted by molar-refractivity contribution is 7.10. The predicted octanol–water partition coefficient (Wildman–Crippen LogP) is 5.10. The Morgan fingerprint density at radius 1 is 1.11 bits per heavy atom. The largest absolute Gasteiger partial charge is 0.466 e. The first-order valence-corrected chi connectivity index (χ1v) is 13.3. The quantitative estimate of drug-likeness (QED) is 0.475. The number of carbonyl (C=O) groups excluding carboxylic acids is 3. The minimum Gasteiger partial charge on any atom is -0.466 e. The molecule has 0 saturated carbocycles. The van der Waals surface area contributed by atoms with Crippen molar-refractivity contribution in [1.29, 1.82) is 0 Å². The lowest BCUT2D eigenvalue weighted by molar-refractivity contribution is -0.147. The van der Waals surface area contributed by atoms with Crippen LogP contribution in [0.4, 0.5) is 0 Å². The van der Waals surface area contributed by atoms with Gasteiger partial charge in [0.25, 0.3) is 0 Å². The number of benzene rings is 1. The van der Waals surface area contributed by atoms with Crippen molar-refractivity contribution in [2.24, 2.45) is 0 Å². The average Bonchev–Trinajstić information content (AvgIpc) is 3.28. The zero-order chi connectivity index (χ0) is 25.8. The number of thiophene rings is 1. The molecule has 2 heterocycles. The fourth-order valence-corrected chi connectivity index (χ4v) is 5.39. The van der Waals surface area contributed by atoms with Crippen LogP contribution in [0.15, 0.2) is 35.7 Å². The fourth-order valence-electron chi connectivity index (χ4n) is 4.49. The standard InChI is InChI=1S/C28H38N2O4S/c1-7-34-26(33)13-12-24(31)30(19(2)3)18-25(32)29-16-14-23-22(15-17-35-23)27(29)20-8-10-21(11-9-20)28(4,5)6/h8-11,15,17,19,27H,7,12-14,16,18H2,1-6H3. The van der Waals surface area contributed by atoms with Crippen LogP contribution in [0, 0.1) is 0 Å². The second kappa shape index (κ2) is 11.4. The SMILES string of the molecule is CCOC(=O)CCC(=O)N(CC(=O)N1CCc2sccc2C1c1ccc(C(C)(C)C)cc1)C(C)C. The molecule has 1 atom stereocenters. The van der Waals surface area contributed by atoms with E-state index in [1.54, 1.807) is 23.2 Å². The highest BCUT2D eigenvalue weighted by Gasteiger charge is 2.34. The molecule has 1 unspecified atom stereocenters. The highest BCUT2D eigenvalue weighted by atomic mass is 32.1. The second-order valence-electron chi connectivity index (χ2n) is 10.3. The van der Waals surface area contributed by atoms with Gasteiger partial charge < -0.3 is 14.5 Å². The molecule has 35 heavy (non-hydrogen) atoms. The maximum Gasteiger partial charge on any atom is 0.306 e. The van der Waals surface area contributed by atoms with Gasteiger partial charge in [-0.3, -0.25) is 14.4 Å². The van der Waals surface area contributed by atoms with Crippen LogP contribution in [0.2, 0.25) is 0 Å². The van der Waals surface area contributed by atoms with Crippen molar-refractivity contribution in [2.75, 3.05) is 19.7 Å². The van der Waals surface area contributed by atoms with Gasteiger partial charge in [0.15, 0.2) is 0 Å². The number of rotatable bonds is 8. The van der Waals surface area contributed by atoms with Crippen LogP contribution in [0.3, 0.4) is 0 Å². The molecule has 0 N–H and O–H groups in total. The fraction of sp³-hybridized carbons (Fsp3) is 0.536. The molecular formula is C28H38N2O4S. The zero-order valence-electron chi connectivity index (χ0n) is 21.8. The van der Waals surface area contributed by atoms with Crippen LogP contribution >= 0.6 is 11.3 Å². The maximum absolute atomic E-state index is 13.6. The number of hydrogen-bond donors (Lipinski definition) is 0. The molecule has 7 heteroatoms. The first-order chi connectivity index (χ1) is 16.5. The van der Waals surface area contributed by atoms with Gasteiger partial charge in [0.2, 0.25) is 11.8 Å². The molecule has 190 valence electrons. The minimum absolute atomic E-state index is 0.00459. The molecule has 0 fully saturated rings. The highest BCUT2D eigenvalue weighted by Crippen LogP contribution is 2.38. The Morgan fingerprint density at radius 3 is 2.40 bits per heavy atom. The lowest BCUT2D eigenvalue weighted by Crippen LogP contribution is -2.48. The Balaban J connectivity index is 1.82. The molecule has 2 aromatic rings. The van der Waals surface area contributed by atoms with Crippen LogP contribution in [0.5, 0.6) is 0 Å². The monoisotopic (exact) mass is 498 g/mol. The van der Waals surface area contributed by atoms with Crippen LogP contribution < -0.4 is 0 Å². The summed E-state index contributed by atoms with van der Waals surface area (Å²) in [6.45, 7) is 13.0. The van der Waals surface area contributed by atoms with E-state index < -0.39 is 5.97 Å². The number of hydrogen-bond acceptors (Lipinski definition) is 5. The minimum atomic E-state index is -0.393. The van der Waals surface area contributed by atoms with Gasteiger partial charge in [0.1, 0.15) is 6.54 Å². The van der Waals surface area contributed by atoms with E-state index in [9.17, 15) is 14.4 Å². The molecule has 1 aliphatic rings. The number of fused-ring (bicyclic) bond motifs is 1. The van der Waals surface area contributed by atoms with E-state index in [0.29, 0.717) is 6.54 Å². The van der Waals surface area contributed by atoms with Gasteiger partial charge in [-0.15, -0.1) is 11.3 Å². The van der Waals surface area contributed by atoms with Crippen molar-refractivity contribution < 1.29 is 19.1 Å². The maximum atomic E-state index is 13.6. The molecule has 1 aromatic carbocycles. The van der Waals surface area contributed by atoms with E-state index in [4.69, 9.17) is 4.74 Å². The Kier molecular flexibility index (Phi) is 8.75. The first-order valence-electron chi connectivity index (χ1n) is 12.4. The smallest absolute Gasteiger partial charge is 0.306 e. The lowest BCUT2D eigenvalue weighted by Gasteiger charge is -2.38. The first kappa shape index (κ1) is 26.9. The molecular weight excluding hydrogens is 460 g/mol. The van der Waals surface area contributed by atoms with Gasteiger partial charge in [-0.05, 0) is 60.7 Å². The molecule has 1 aromatic heterocycles. The predicted molar refractivity (Wildman–Crippen MR) is 139 cm³/mol. The average molecular weight is 499 g/mol. The normalized spacial score (nSPS) is 15.6. The number of ether oxygens (including phenoxy) is 1. The summed E-state index contributed by atoms with van der Waals surface area (Å²) in [5, 5.41) is 2.09. The Hall–Kier alpha value is -2.67. The Bertz CT molecular complexity index is 1040. The van der Waals surface area contributed by atoms with Crippen molar-refractivity contribution in [3.05, 3.63) is 57.3 Å². The van der Waals surface area contributed by atoms with Gasteiger partial charge in [0.05, 0.1) is 19.1 Å². The van der Waals surface area contributed by atoms with Crippen molar-refractivity contribution in [3.63, 3.8) is 0 Å². The summed E-state index contributed by atoms with van der Waals surface area (Å²) < 4.78 is 4.94. The van der Waals surface area contributed by atoms with Crippen LogP contribution in [0.25, 0.3) is 0 Å². The molecule has 0 saturated heterocycles. The van der Waals surface area contributed by atoms with Crippen LogP contribution in [-0.4, -0.2) is 53.3 Å². The summed E-state index contributed by atoms with van der Waals surface area (Å²) >= 11 is 1.74. The number of esters is 1.